The third-order valence-electron chi connectivity index (χ3n) is 2.63. The molecule has 0 amide bonds. The normalized spacial score (nSPS) is 10.8. The van der Waals surface area contributed by atoms with Crippen LogP contribution in [-0.4, -0.2) is 27.4 Å². The summed E-state index contributed by atoms with van der Waals surface area (Å²) in [6.45, 7) is 1.77. The lowest BCUT2D eigenvalue weighted by Gasteiger charge is -2.03. The molecule has 0 fully saturated rings. The van der Waals surface area contributed by atoms with Gasteiger partial charge >= 0.3 is 0 Å². The lowest BCUT2D eigenvalue weighted by atomic mass is 10.2. The minimum Gasteiger partial charge on any atom is -0.496 e. The number of nitrogens with zero attached hydrogens (tertiary/aromatic N) is 4. The van der Waals surface area contributed by atoms with E-state index in [1.54, 1.807) is 14.0 Å². The van der Waals surface area contributed by atoms with Crippen molar-refractivity contribution in [1.82, 2.24) is 20.3 Å². The number of methoxy groups -OCH3 is 1. The van der Waals surface area contributed by atoms with Crippen LogP contribution >= 0.6 is 11.8 Å². The molecule has 3 aromatic rings. The fourth-order valence-electron chi connectivity index (χ4n) is 1.72. The summed E-state index contributed by atoms with van der Waals surface area (Å²) in [5.74, 6) is 2.70. The van der Waals surface area contributed by atoms with Crippen LogP contribution in [0, 0.1) is 6.92 Å². The van der Waals surface area contributed by atoms with Gasteiger partial charge in [-0.15, -0.1) is 10.2 Å². The van der Waals surface area contributed by atoms with Crippen LogP contribution in [0.5, 0.6) is 5.75 Å². The number of aromatic nitrogens is 4. The third-order valence-corrected chi connectivity index (χ3v) is 3.44. The fourth-order valence-corrected chi connectivity index (χ4v) is 2.32. The van der Waals surface area contributed by atoms with Crippen LogP contribution in [0.2, 0.25) is 0 Å². The summed E-state index contributed by atoms with van der Waals surface area (Å²) in [5, 5.41) is 12.2. The van der Waals surface area contributed by atoms with Crippen molar-refractivity contribution in [3.05, 3.63) is 36.0 Å². The van der Waals surface area contributed by atoms with E-state index in [4.69, 9.17) is 13.7 Å². The summed E-state index contributed by atoms with van der Waals surface area (Å²) >= 11 is 1.34. The smallest absolute Gasteiger partial charge is 0.277 e. The maximum absolute atomic E-state index is 5.61. The molecule has 0 radical (unpaired) electrons. The molecule has 8 heteroatoms. The zero-order valence-electron chi connectivity index (χ0n) is 11.4. The third kappa shape index (κ3) is 3.05. The van der Waals surface area contributed by atoms with E-state index in [0.717, 1.165) is 5.56 Å². The van der Waals surface area contributed by atoms with Crippen molar-refractivity contribution >= 4 is 11.8 Å². The van der Waals surface area contributed by atoms with Crippen molar-refractivity contribution in [2.45, 2.75) is 17.9 Å². The predicted molar refractivity (Wildman–Crippen MR) is 74.9 cm³/mol. The van der Waals surface area contributed by atoms with Crippen molar-refractivity contribution in [3.63, 3.8) is 0 Å². The van der Waals surface area contributed by atoms with E-state index in [1.165, 1.54) is 11.8 Å². The first-order valence-corrected chi connectivity index (χ1v) is 7.13. The maximum Gasteiger partial charge on any atom is 0.277 e. The summed E-state index contributed by atoms with van der Waals surface area (Å²) in [5.41, 5.74) is 0.757. The molecule has 0 bridgehead atoms. The molecule has 7 nitrogen and oxygen atoms in total. The van der Waals surface area contributed by atoms with Crippen LogP contribution in [-0.2, 0) is 5.75 Å². The molecular weight excluding hydrogens is 292 g/mol. The second kappa shape index (κ2) is 5.96. The molecule has 0 N–H and O–H groups in total. The second-order valence-electron chi connectivity index (χ2n) is 4.10. The average molecular weight is 304 g/mol. The summed E-state index contributed by atoms with van der Waals surface area (Å²) in [4.78, 5) is 4.11. The molecule has 0 saturated carbocycles. The average Bonchev–Trinajstić information content (AvgIpc) is 3.14. The molecule has 2 aromatic heterocycles. The summed E-state index contributed by atoms with van der Waals surface area (Å²) in [6, 6.07) is 7.47. The Balaban J connectivity index is 1.74. The number of rotatable bonds is 5. The van der Waals surface area contributed by atoms with Crippen LogP contribution < -0.4 is 4.74 Å². The highest BCUT2D eigenvalue weighted by molar-refractivity contribution is 7.98. The first-order valence-electron chi connectivity index (χ1n) is 6.15. The zero-order valence-corrected chi connectivity index (χ0v) is 12.3. The van der Waals surface area contributed by atoms with E-state index in [0.29, 0.717) is 34.3 Å². The minimum absolute atomic E-state index is 0.414. The van der Waals surface area contributed by atoms with Crippen LogP contribution in [0.3, 0.4) is 0 Å². The highest BCUT2D eigenvalue weighted by Crippen LogP contribution is 2.30. The lowest BCUT2D eigenvalue weighted by molar-refractivity contribution is 0.386. The molecule has 0 saturated heterocycles. The van der Waals surface area contributed by atoms with E-state index in [9.17, 15) is 0 Å². The number of ether oxygens (including phenoxy) is 1. The van der Waals surface area contributed by atoms with E-state index in [1.807, 2.05) is 24.3 Å². The number of thioether (sulfide) groups is 1. The Morgan fingerprint density at radius 3 is 2.86 bits per heavy atom. The van der Waals surface area contributed by atoms with Gasteiger partial charge in [-0.25, -0.2) is 0 Å². The van der Waals surface area contributed by atoms with Gasteiger partial charge in [-0.2, -0.15) is 4.98 Å². The Labute approximate surface area is 124 Å². The number of aryl methyl sites for hydroxylation is 1. The highest BCUT2D eigenvalue weighted by Gasteiger charge is 2.14. The quantitative estimate of drug-likeness (QED) is 0.665. The van der Waals surface area contributed by atoms with Crippen molar-refractivity contribution in [2.75, 3.05) is 7.11 Å². The topological polar surface area (TPSA) is 87.1 Å². The van der Waals surface area contributed by atoms with E-state index in [-0.39, 0.29) is 0 Å². The molecule has 21 heavy (non-hydrogen) atoms. The molecular formula is C13H12N4O3S. The van der Waals surface area contributed by atoms with Gasteiger partial charge in [0.25, 0.3) is 11.1 Å². The molecule has 0 aliphatic carbocycles. The van der Waals surface area contributed by atoms with Gasteiger partial charge in [-0.1, -0.05) is 29.1 Å². The van der Waals surface area contributed by atoms with Crippen molar-refractivity contribution in [1.29, 1.82) is 0 Å². The summed E-state index contributed by atoms with van der Waals surface area (Å²) in [6.07, 6.45) is 0. The Kier molecular flexibility index (Phi) is 3.87. The van der Waals surface area contributed by atoms with Gasteiger partial charge < -0.3 is 13.7 Å². The number of para-hydroxylation sites is 1. The fraction of sp³-hybridized carbons (Fsp3) is 0.231. The van der Waals surface area contributed by atoms with Crippen LogP contribution in [0.1, 0.15) is 11.7 Å². The zero-order chi connectivity index (χ0) is 14.7. The Hall–Kier alpha value is -2.35. The van der Waals surface area contributed by atoms with Crippen molar-refractivity contribution < 1.29 is 13.7 Å². The molecule has 0 aliphatic rings. The molecule has 0 spiro atoms. The van der Waals surface area contributed by atoms with Crippen molar-refractivity contribution in [3.8, 4) is 17.2 Å². The molecule has 0 unspecified atom stereocenters. The number of benzene rings is 1. The molecule has 0 aliphatic heterocycles. The van der Waals surface area contributed by atoms with Crippen molar-refractivity contribution in [2.24, 2.45) is 0 Å². The maximum atomic E-state index is 5.61. The van der Waals surface area contributed by atoms with Crippen LogP contribution in [0.25, 0.3) is 11.5 Å². The van der Waals surface area contributed by atoms with E-state index < -0.39 is 0 Å². The van der Waals surface area contributed by atoms with Gasteiger partial charge in [0.15, 0.2) is 5.82 Å². The summed E-state index contributed by atoms with van der Waals surface area (Å²) in [7, 11) is 1.60. The Morgan fingerprint density at radius 2 is 2.10 bits per heavy atom. The number of hydrogen-bond donors (Lipinski definition) is 0. The first kappa shape index (κ1) is 13.6. The second-order valence-corrected chi connectivity index (χ2v) is 5.02. The van der Waals surface area contributed by atoms with E-state index >= 15 is 0 Å². The minimum atomic E-state index is 0.414. The monoisotopic (exact) mass is 304 g/mol. The Morgan fingerprint density at radius 1 is 1.24 bits per heavy atom. The van der Waals surface area contributed by atoms with Gasteiger partial charge in [-0.3, -0.25) is 0 Å². The van der Waals surface area contributed by atoms with Gasteiger partial charge in [0, 0.05) is 0 Å². The predicted octanol–water partition coefficient (Wildman–Crippen LogP) is 2.73. The SMILES string of the molecule is COc1ccccc1-c1nnc(SCc2nc(C)no2)o1. The van der Waals surface area contributed by atoms with Gasteiger partial charge in [0.1, 0.15) is 5.75 Å². The van der Waals surface area contributed by atoms with Gasteiger partial charge in [-0.05, 0) is 19.1 Å². The first-order chi connectivity index (χ1) is 10.3. The van der Waals surface area contributed by atoms with Crippen LogP contribution in [0.15, 0.2) is 38.4 Å². The standard InChI is InChI=1S/C13H12N4O3S/c1-8-14-11(20-17-8)7-21-13-16-15-12(19-13)9-5-3-4-6-10(9)18-2/h3-6H,7H2,1-2H3. The van der Waals surface area contributed by atoms with Crippen LogP contribution in [0.4, 0.5) is 0 Å². The molecule has 1 aromatic carbocycles. The lowest BCUT2D eigenvalue weighted by Crippen LogP contribution is -1.87. The molecule has 108 valence electrons. The van der Waals surface area contributed by atoms with Gasteiger partial charge in [0.05, 0.1) is 18.4 Å². The molecule has 2 heterocycles. The highest BCUT2D eigenvalue weighted by atomic mass is 32.2. The summed E-state index contributed by atoms with van der Waals surface area (Å²) < 4.78 is 15.9. The largest absolute Gasteiger partial charge is 0.496 e. The van der Waals surface area contributed by atoms with Gasteiger partial charge in [0.2, 0.25) is 5.89 Å². The molecule has 3 rings (SSSR count). The number of hydrogen-bond acceptors (Lipinski definition) is 8. The Bertz CT molecular complexity index is 740. The molecule has 0 atom stereocenters. The van der Waals surface area contributed by atoms with E-state index in [2.05, 4.69) is 20.3 Å².